The van der Waals surface area contributed by atoms with E-state index < -0.39 is 14.3 Å². The monoisotopic (exact) mass is 264 g/mol. The molecule has 1 fully saturated rings. The summed E-state index contributed by atoms with van der Waals surface area (Å²) in [5, 5.41) is 2.82. The lowest BCUT2D eigenvalue weighted by atomic mass is 10.4. The molecule has 1 aliphatic heterocycles. The van der Waals surface area contributed by atoms with Crippen molar-refractivity contribution in [1.82, 2.24) is 10.1 Å². The Bertz CT molecular complexity index is 484. The number of carbonyl (C=O) groups is 1. The predicted molar refractivity (Wildman–Crippen MR) is 55.1 cm³/mol. The summed E-state index contributed by atoms with van der Waals surface area (Å²) in [5.41, 5.74) is 0.584. The molecule has 0 spiro atoms. The lowest BCUT2D eigenvalue weighted by Crippen LogP contribution is -2.26. The Balaban J connectivity index is 2.06. The van der Waals surface area contributed by atoms with Crippen molar-refractivity contribution < 1.29 is 17.7 Å². The first-order chi connectivity index (χ1) is 7.47. The number of rotatable bonds is 3. The third kappa shape index (κ3) is 2.35. The molecular formula is C8H9ClN2O4S. The van der Waals surface area contributed by atoms with Crippen LogP contribution in [0.3, 0.4) is 0 Å². The van der Waals surface area contributed by atoms with Crippen molar-refractivity contribution in [3.8, 4) is 0 Å². The number of hydrogen-bond acceptors (Lipinski definition) is 5. The molecule has 1 unspecified atom stereocenters. The molecule has 88 valence electrons. The van der Waals surface area contributed by atoms with Crippen LogP contribution in [0.25, 0.3) is 0 Å². The van der Waals surface area contributed by atoms with Crippen LogP contribution in [0.4, 0.5) is 0 Å². The lowest BCUT2D eigenvalue weighted by molar-refractivity contribution is -0.128. The summed E-state index contributed by atoms with van der Waals surface area (Å²) >= 11 is 0. The van der Waals surface area contributed by atoms with Crippen LogP contribution < -0.4 is 0 Å². The summed E-state index contributed by atoms with van der Waals surface area (Å²) in [6.45, 7) is 0.357. The largest absolute Gasteiger partial charge is 0.364 e. The Morgan fingerprint density at radius 1 is 1.62 bits per heavy atom. The van der Waals surface area contributed by atoms with Crippen LogP contribution in [-0.4, -0.2) is 36.2 Å². The van der Waals surface area contributed by atoms with E-state index in [9.17, 15) is 13.2 Å². The zero-order valence-electron chi connectivity index (χ0n) is 8.17. The van der Waals surface area contributed by atoms with Crippen LogP contribution in [0.2, 0.25) is 0 Å². The van der Waals surface area contributed by atoms with E-state index in [0.29, 0.717) is 5.69 Å². The van der Waals surface area contributed by atoms with E-state index in [0.717, 1.165) is 0 Å². The summed E-state index contributed by atoms with van der Waals surface area (Å²) in [4.78, 5) is 12.9. The lowest BCUT2D eigenvalue weighted by Gasteiger charge is -2.13. The van der Waals surface area contributed by atoms with Crippen LogP contribution in [-0.2, 0) is 20.4 Å². The molecule has 0 bridgehead atoms. The number of amides is 1. The number of halogens is 1. The Morgan fingerprint density at radius 3 is 2.88 bits per heavy atom. The van der Waals surface area contributed by atoms with Gasteiger partial charge in [-0.15, -0.1) is 0 Å². The average molecular weight is 265 g/mol. The Kier molecular flexibility index (Phi) is 2.90. The van der Waals surface area contributed by atoms with E-state index in [4.69, 9.17) is 10.7 Å². The molecule has 2 rings (SSSR count). The minimum absolute atomic E-state index is 0.0658. The molecule has 0 radical (unpaired) electrons. The molecule has 0 aliphatic carbocycles. The molecule has 8 heteroatoms. The van der Waals surface area contributed by atoms with Crippen molar-refractivity contribution in [1.29, 1.82) is 0 Å². The summed E-state index contributed by atoms with van der Waals surface area (Å²) in [5.74, 6) is -0.239. The van der Waals surface area contributed by atoms with E-state index in [2.05, 4.69) is 9.68 Å². The number of nitrogens with zero attached hydrogens (tertiary/aromatic N) is 2. The topological polar surface area (TPSA) is 80.5 Å². The van der Waals surface area contributed by atoms with Gasteiger partial charge in [-0.05, 0) is 0 Å². The third-order valence-corrected chi connectivity index (χ3v) is 4.29. The van der Waals surface area contributed by atoms with E-state index in [1.165, 1.54) is 11.2 Å². The zero-order valence-corrected chi connectivity index (χ0v) is 9.74. The number of aromatic nitrogens is 1. The fraction of sp³-hybridized carbons (Fsp3) is 0.500. The molecule has 16 heavy (non-hydrogen) atoms. The second-order valence-corrected chi connectivity index (χ2v) is 6.47. The summed E-state index contributed by atoms with van der Waals surface area (Å²) in [7, 11) is 1.53. The highest BCUT2D eigenvalue weighted by atomic mass is 35.7. The number of hydrogen-bond donors (Lipinski definition) is 0. The van der Waals surface area contributed by atoms with Gasteiger partial charge in [-0.1, -0.05) is 5.16 Å². The first kappa shape index (κ1) is 11.4. The van der Waals surface area contributed by atoms with E-state index in [1.54, 1.807) is 6.07 Å². The maximum absolute atomic E-state index is 11.5. The molecule has 1 amide bonds. The number of carbonyl (C=O) groups excluding carboxylic acids is 1. The van der Waals surface area contributed by atoms with E-state index in [-0.39, 0.29) is 25.4 Å². The summed E-state index contributed by atoms with van der Waals surface area (Å²) in [6.07, 6.45) is 1.33. The van der Waals surface area contributed by atoms with Gasteiger partial charge in [0.05, 0.1) is 6.54 Å². The Labute approximate surface area is 96.6 Å². The second kappa shape index (κ2) is 4.06. The number of likely N-dealkylation sites (tertiary alicyclic amines) is 1. The van der Waals surface area contributed by atoms with Gasteiger partial charge >= 0.3 is 0 Å². The third-order valence-electron chi connectivity index (χ3n) is 2.42. The van der Waals surface area contributed by atoms with Gasteiger partial charge in [0.15, 0.2) is 0 Å². The predicted octanol–water partition coefficient (Wildman–Crippen LogP) is 0.344. The van der Waals surface area contributed by atoms with E-state index in [1.807, 2.05) is 0 Å². The molecule has 0 saturated carbocycles. The first-order valence-corrected chi connectivity index (χ1v) is 6.94. The van der Waals surface area contributed by atoms with Crippen molar-refractivity contribution in [3.05, 3.63) is 18.0 Å². The Hall–Kier alpha value is -1.08. The molecule has 2 heterocycles. The fourth-order valence-electron chi connectivity index (χ4n) is 1.59. The highest BCUT2D eigenvalue weighted by Crippen LogP contribution is 2.22. The van der Waals surface area contributed by atoms with Gasteiger partial charge in [0.2, 0.25) is 15.0 Å². The molecule has 1 aromatic rings. The molecule has 6 nitrogen and oxygen atoms in total. The Morgan fingerprint density at radius 2 is 2.38 bits per heavy atom. The second-order valence-electron chi connectivity index (χ2n) is 3.57. The van der Waals surface area contributed by atoms with Crippen molar-refractivity contribution in [2.24, 2.45) is 0 Å². The zero-order chi connectivity index (χ0) is 11.8. The van der Waals surface area contributed by atoms with Crippen LogP contribution in [0.15, 0.2) is 16.9 Å². The van der Waals surface area contributed by atoms with Gasteiger partial charge in [0.25, 0.3) is 0 Å². The van der Waals surface area contributed by atoms with Gasteiger partial charge in [0.1, 0.15) is 17.2 Å². The van der Waals surface area contributed by atoms with Gasteiger partial charge in [-0.3, -0.25) is 4.79 Å². The maximum Gasteiger partial charge on any atom is 0.237 e. The van der Waals surface area contributed by atoms with Crippen LogP contribution in [0, 0.1) is 0 Å². The highest BCUT2D eigenvalue weighted by Gasteiger charge is 2.37. The standard InChI is InChI=1S/C8H9ClN2O4S/c9-16(13,14)7-3-8(12)11(5-7)4-6-1-2-15-10-6/h1-2,7H,3-5H2. The van der Waals surface area contributed by atoms with Crippen molar-refractivity contribution in [2.75, 3.05) is 6.54 Å². The minimum atomic E-state index is -3.68. The van der Waals surface area contributed by atoms with Crippen LogP contribution in [0.1, 0.15) is 12.1 Å². The van der Waals surface area contributed by atoms with Gasteiger partial charge in [-0.25, -0.2) is 8.42 Å². The van der Waals surface area contributed by atoms with Crippen molar-refractivity contribution in [2.45, 2.75) is 18.2 Å². The average Bonchev–Trinajstić information content (AvgIpc) is 2.76. The summed E-state index contributed by atoms with van der Waals surface area (Å²) in [6, 6.07) is 1.62. The molecule has 1 saturated heterocycles. The van der Waals surface area contributed by atoms with E-state index >= 15 is 0 Å². The SMILES string of the molecule is O=C1CC(S(=O)(=O)Cl)CN1Cc1ccon1. The maximum atomic E-state index is 11.5. The normalized spacial score (nSPS) is 21.7. The highest BCUT2D eigenvalue weighted by molar-refractivity contribution is 8.14. The minimum Gasteiger partial charge on any atom is -0.364 e. The van der Waals surface area contributed by atoms with Crippen LogP contribution >= 0.6 is 10.7 Å². The van der Waals surface area contributed by atoms with Crippen molar-refractivity contribution in [3.63, 3.8) is 0 Å². The van der Waals surface area contributed by atoms with Crippen molar-refractivity contribution >= 4 is 25.6 Å². The molecule has 1 aliphatic rings. The first-order valence-electron chi connectivity index (χ1n) is 4.57. The molecule has 1 aromatic heterocycles. The molecule has 0 N–H and O–H groups in total. The quantitative estimate of drug-likeness (QED) is 0.736. The van der Waals surface area contributed by atoms with Gasteiger partial charge in [-0.2, -0.15) is 0 Å². The van der Waals surface area contributed by atoms with Gasteiger partial charge in [0, 0.05) is 29.7 Å². The fourth-order valence-corrected chi connectivity index (χ4v) is 2.65. The molecule has 0 aromatic carbocycles. The molecule has 1 atom stereocenters. The van der Waals surface area contributed by atoms with Gasteiger partial charge < -0.3 is 9.42 Å². The smallest absolute Gasteiger partial charge is 0.237 e. The summed E-state index contributed by atoms with van der Waals surface area (Å²) < 4.78 is 26.8. The van der Waals surface area contributed by atoms with Crippen LogP contribution in [0.5, 0.6) is 0 Å². The molecular weight excluding hydrogens is 256 g/mol.